The third kappa shape index (κ3) is 3.71. The minimum atomic E-state index is -0.411. The lowest BCUT2D eigenvalue weighted by molar-refractivity contribution is -0.123. The molecule has 2 aromatic heterocycles. The van der Waals surface area contributed by atoms with Crippen molar-refractivity contribution >= 4 is 35.0 Å². The number of nitrogens with one attached hydrogen (secondary N) is 1. The summed E-state index contributed by atoms with van der Waals surface area (Å²) >= 11 is 6.16. The van der Waals surface area contributed by atoms with Gasteiger partial charge < -0.3 is 10.2 Å². The summed E-state index contributed by atoms with van der Waals surface area (Å²) in [6.45, 7) is 1.55. The zero-order valence-electron chi connectivity index (χ0n) is 17.4. The molecule has 9 heteroatoms. The lowest BCUT2D eigenvalue weighted by atomic mass is 9.82. The third-order valence-corrected chi connectivity index (χ3v) is 6.65. The number of halogens is 1. The molecule has 3 aromatic rings. The van der Waals surface area contributed by atoms with Gasteiger partial charge >= 0.3 is 6.03 Å². The lowest BCUT2D eigenvalue weighted by Gasteiger charge is -2.46. The highest BCUT2D eigenvalue weighted by Gasteiger charge is 2.46. The van der Waals surface area contributed by atoms with Crippen molar-refractivity contribution < 1.29 is 9.59 Å². The number of pyridine rings is 1. The molecule has 4 heterocycles. The standard InChI is InChI=1S/C23H23ClN6O2/c24-18-3-1-2-4-19(18)27-22(32)28-13-8-23(9-14-28)15-21(31)29(20-7-12-26-30(20)23)16-17-5-10-25-11-6-17/h1-7,10-12H,8-9,13-16H2,(H,27,32). The summed E-state index contributed by atoms with van der Waals surface area (Å²) in [5.41, 5.74) is 1.20. The smallest absolute Gasteiger partial charge is 0.321 e. The molecule has 164 valence electrons. The van der Waals surface area contributed by atoms with Gasteiger partial charge in [0.2, 0.25) is 5.91 Å². The van der Waals surface area contributed by atoms with Crippen molar-refractivity contribution in [3.8, 4) is 0 Å². The van der Waals surface area contributed by atoms with Gasteiger partial charge in [-0.15, -0.1) is 0 Å². The molecule has 3 amide bonds. The van der Waals surface area contributed by atoms with Crippen LogP contribution in [0.4, 0.5) is 16.3 Å². The fourth-order valence-electron chi connectivity index (χ4n) is 4.56. The van der Waals surface area contributed by atoms with E-state index in [4.69, 9.17) is 11.6 Å². The number of nitrogens with zero attached hydrogens (tertiary/aromatic N) is 5. The highest BCUT2D eigenvalue weighted by Crippen LogP contribution is 2.41. The molecule has 0 saturated carbocycles. The number of hydrogen-bond donors (Lipinski definition) is 1. The van der Waals surface area contributed by atoms with E-state index < -0.39 is 5.54 Å². The van der Waals surface area contributed by atoms with Crippen molar-refractivity contribution in [2.45, 2.75) is 31.3 Å². The molecule has 1 spiro atoms. The number of carbonyl (C=O) groups is 2. The van der Waals surface area contributed by atoms with Gasteiger partial charge in [0.05, 0.1) is 35.4 Å². The second kappa shape index (κ2) is 8.27. The van der Waals surface area contributed by atoms with E-state index in [1.165, 1.54) is 0 Å². The van der Waals surface area contributed by atoms with Gasteiger partial charge in [-0.25, -0.2) is 9.48 Å². The maximum Gasteiger partial charge on any atom is 0.321 e. The number of amides is 3. The van der Waals surface area contributed by atoms with E-state index in [2.05, 4.69) is 15.4 Å². The van der Waals surface area contributed by atoms with E-state index in [-0.39, 0.29) is 11.9 Å². The van der Waals surface area contributed by atoms with Gasteiger partial charge in [0.25, 0.3) is 0 Å². The number of likely N-dealkylation sites (tertiary alicyclic amines) is 1. The number of hydrogen-bond acceptors (Lipinski definition) is 4. The van der Waals surface area contributed by atoms with Gasteiger partial charge in [-0.2, -0.15) is 5.10 Å². The average molecular weight is 451 g/mol. The van der Waals surface area contributed by atoms with Crippen LogP contribution in [0.1, 0.15) is 24.8 Å². The molecular weight excluding hydrogens is 428 g/mol. The molecule has 2 aliphatic heterocycles. The van der Waals surface area contributed by atoms with Crippen molar-refractivity contribution in [2.75, 3.05) is 23.3 Å². The van der Waals surface area contributed by atoms with Crippen molar-refractivity contribution in [1.29, 1.82) is 0 Å². The van der Waals surface area contributed by atoms with Crippen LogP contribution < -0.4 is 10.2 Å². The molecular formula is C23H23ClN6O2. The van der Waals surface area contributed by atoms with Crippen LogP contribution in [0.3, 0.4) is 0 Å². The molecule has 0 atom stereocenters. The first-order valence-electron chi connectivity index (χ1n) is 10.6. The van der Waals surface area contributed by atoms with Gasteiger partial charge in [-0.1, -0.05) is 23.7 Å². The maximum atomic E-state index is 13.2. The Kier molecular flexibility index (Phi) is 5.30. The second-order valence-electron chi connectivity index (χ2n) is 8.23. The summed E-state index contributed by atoms with van der Waals surface area (Å²) in [5, 5.41) is 7.97. The number of benzene rings is 1. The number of para-hydroxylation sites is 1. The first-order chi connectivity index (χ1) is 15.6. The Bertz CT molecular complexity index is 1140. The first-order valence-corrected chi connectivity index (χ1v) is 11.0. The van der Waals surface area contributed by atoms with E-state index in [0.29, 0.717) is 49.6 Å². The van der Waals surface area contributed by atoms with E-state index in [1.54, 1.807) is 40.5 Å². The summed E-state index contributed by atoms with van der Waals surface area (Å²) < 4.78 is 1.99. The Morgan fingerprint density at radius 3 is 2.56 bits per heavy atom. The topological polar surface area (TPSA) is 83.4 Å². The van der Waals surface area contributed by atoms with Crippen molar-refractivity contribution in [1.82, 2.24) is 19.7 Å². The first kappa shape index (κ1) is 20.5. The number of rotatable bonds is 3. The van der Waals surface area contributed by atoms with Crippen molar-refractivity contribution in [2.24, 2.45) is 0 Å². The largest absolute Gasteiger partial charge is 0.324 e. The highest BCUT2D eigenvalue weighted by atomic mass is 35.5. The van der Waals surface area contributed by atoms with E-state index in [1.807, 2.05) is 35.0 Å². The minimum Gasteiger partial charge on any atom is -0.324 e. The summed E-state index contributed by atoms with van der Waals surface area (Å²) in [6.07, 6.45) is 6.88. The number of fused-ring (bicyclic) bond motifs is 2. The predicted molar refractivity (Wildman–Crippen MR) is 122 cm³/mol. The maximum absolute atomic E-state index is 13.2. The molecule has 1 N–H and O–H groups in total. The fourth-order valence-corrected chi connectivity index (χ4v) is 4.74. The van der Waals surface area contributed by atoms with Crippen molar-refractivity contribution in [3.05, 3.63) is 71.6 Å². The molecule has 32 heavy (non-hydrogen) atoms. The molecule has 0 aliphatic carbocycles. The van der Waals surface area contributed by atoms with Crippen LogP contribution in [-0.4, -0.2) is 44.7 Å². The molecule has 0 bridgehead atoms. The molecule has 0 radical (unpaired) electrons. The minimum absolute atomic E-state index is 0.0729. The van der Waals surface area contributed by atoms with E-state index in [9.17, 15) is 9.59 Å². The molecule has 1 saturated heterocycles. The SMILES string of the molecule is O=C(Nc1ccccc1Cl)N1CCC2(CC1)CC(=O)N(Cc1ccncc1)c1ccnn12. The zero-order chi connectivity index (χ0) is 22.1. The van der Waals surface area contributed by atoms with Crippen molar-refractivity contribution in [3.63, 3.8) is 0 Å². The highest BCUT2D eigenvalue weighted by molar-refractivity contribution is 6.33. The van der Waals surface area contributed by atoms with Gasteiger partial charge in [-0.3, -0.25) is 14.7 Å². The average Bonchev–Trinajstić information content (AvgIpc) is 3.30. The summed E-state index contributed by atoms with van der Waals surface area (Å²) in [5.74, 6) is 0.871. The Labute approximate surface area is 190 Å². The van der Waals surface area contributed by atoms with Crippen LogP contribution in [0.2, 0.25) is 5.02 Å². The molecule has 8 nitrogen and oxygen atoms in total. The van der Waals surface area contributed by atoms with Gasteiger partial charge in [0.15, 0.2) is 0 Å². The van der Waals surface area contributed by atoms with Crippen LogP contribution in [-0.2, 0) is 16.9 Å². The van der Waals surface area contributed by atoms with Crippen LogP contribution in [0.15, 0.2) is 61.1 Å². The molecule has 5 rings (SSSR count). The Morgan fingerprint density at radius 1 is 1.06 bits per heavy atom. The number of carbonyl (C=O) groups excluding carboxylic acids is 2. The molecule has 2 aliphatic rings. The predicted octanol–water partition coefficient (Wildman–Crippen LogP) is 3.89. The number of aromatic nitrogens is 3. The normalized spacial score (nSPS) is 17.3. The van der Waals surface area contributed by atoms with Crippen LogP contribution in [0.25, 0.3) is 0 Å². The van der Waals surface area contributed by atoms with Crippen LogP contribution in [0.5, 0.6) is 0 Å². The van der Waals surface area contributed by atoms with Gasteiger partial charge in [0.1, 0.15) is 5.82 Å². The molecule has 1 aromatic carbocycles. The zero-order valence-corrected chi connectivity index (χ0v) is 18.2. The monoisotopic (exact) mass is 450 g/mol. The Hall–Kier alpha value is -3.39. The summed E-state index contributed by atoms with van der Waals surface area (Å²) in [4.78, 5) is 33.5. The Balaban J connectivity index is 1.31. The second-order valence-corrected chi connectivity index (χ2v) is 8.64. The fraction of sp³-hybridized carbons (Fsp3) is 0.304. The molecule has 1 fully saturated rings. The van der Waals surface area contributed by atoms with E-state index in [0.717, 1.165) is 11.4 Å². The van der Waals surface area contributed by atoms with Crippen LogP contribution in [0, 0.1) is 0 Å². The Morgan fingerprint density at radius 2 is 1.81 bits per heavy atom. The quantitative estimate of drug-likeness (QED) is 0.656. The summed E-state index contributed by atoms with van der Waals surface area (Å²) in [7, 11) is 0. The molecule has 0 unspecified atom stereocenters. The number of urea groups is 1. The van der Waals surface area contributed by atoms with Gasteiger partial charge in [0, 0.05) is 31.5 Å². The number of piperidine rings is 1. The third-order valence-electron chi connectivity index (χ3n) is 6.32. The van der Waals surface area contributed by atoms with Crippen LogP contribution >= 0.6 is 11.6 Å². The lowest BCUT2D eigenvalue weighted by Crippen LogP contribution is -2.55. The van der Waals surface area contributed by atoms with Gasteiger partial charge in [-0.05, 0) is 42.7 Å². The summed E-state index contributed by atoms with van der Waals surface area (Å²) in [6, 6.07) is 12.7. The van der Waals surface area contributed by atoms with E-state index >= 15 is 0 Å². The number of anilines is 2.